The van der Waals surface area contributed by atoms with Crippen LogP contribution in [0.15, 0.2) is 22.7 Å². The molecule has 20 heavy (non-hydrogen) atoms. The minimum atomic E-state index is -0.226. The summed E-state index contributed by atoms with van der Waals surface area (Å²) in [6, 6.07) is 5.44. The lowest BCUT2D eigenvalue weighted by Gasteiger charge is -2.16. The largest absolute Gasteiger partial charge is 0.340 e. The Hall–Kier alpha value is -0.590. The van der Waals surface area contributed by atoms with Gasteiger partial charge in [-0.2, -0.15) is 0 Å². The maximum absolute atomic E-state index is 13.6. The zero-order chi connectivity index (χ0) is 14.5. The van der Waals surface area contributed by atoms with Crippen molar-refractivity contribution in [2.45, 2.75) is 18.2 Å². The molecule has 0 radical (unpaired) electrons. The monoisotopic (exact) mass is 360 g/mol. The molecule has 110 valence electrons. The van der Waals surface area contributed by atoms with E-state index in [1.807, 2.05) is 18.0 Å². The lowest BCUT2D eigenvalue weighted by molar-refractivity contribution is -0.127. The van der Waals surface area contributed by atoms with Gasteiger partial charge in [0.2, 0.25) is 5.91 Å². The summed E-state index contributed by atoms with van der Waals surface area (Å²) in [5.41, 5.74) is 0.639. The quantitative estimate of drug-likeness (QED) is 0.875. The fourth-order valence-corrected chi connectivity index (χ4v) is 3.45. The van der Waals surface area contributed by atoms with Crippen molar-refractivity contribution in [1.82, 2.24) is 10.2 Å². The van der Waals surface area contributed by atoms with Gasteiger partial charge in [0.05, 0.1) is 5.75 Å². The number of halogens is 2. The van der Waals surface area contributed by atoms with Crippen molar-refractivity contribution in [3.05, 3.63) is 34.1 Å². The van der Waals surface area contributed by atoms with Crippen molar-refractivity contribution >= 4 is 33.6 Å². The third-order valence-electron chi connectivity index (χ3n) is 3.45. The minimum Gasteiger partial charge on any atom is -0.340 e. The van der Waals surface area contributed by atoms with Crippen molar-refractivity contribution in [1.29, 1.82) is 0 Å². The average Bonchev–Trinajstić information content (AvgIpc) is 2.90. The summed E-state index contributed by atoms with van der Waals surface area (Å²) in [6.07, 6.45) is 1.01. The maximum atomic E-state index is 13.6. The molecule has 6 heteroatoms. The SMILES string of the molecule is CNC1CCN(C(=O)CSCc2ccc(Br)cc2F)C1. The van der Waals surface area contributed by atoms with Crippen molar-refractivity contribution < 1.29 is 9.18 Å². The molecule has 0 aliphatic carbocycles. The molecule has 1 N–H and O–H groups in total. The molecule has 3 nitrogen and oxygen atoms in total. The second-order valence-corrected chi connectivity index (χ2v) is 6.74. The van der Waals surface area contributed by atoms with E-state index < -0.39 is 0 Å². The Morgan fingerprint density at radius 1 is 1.60 bits per heavy atom. The van der Waals surface area contributed by atoms with E-state index in [4.69, 9.17) is 0 Å². The van der Waals surface area contributed by atoms with E-state index in [1.165, 1.54) is 17.8 Å². The van der Waals surface area contributed by atoms with Crippen LogP contribution in [0.25, 0.3) is 0 Å². The molecule has 1 aliphatic heterocycles. The number of carbonyl (C=O) groups is 1. The van der Waals surface area contributed by atoms with Crippen LogP contribution in [0.5, 0.6) is 0 Å². The van der Waals surface area contributed by atoms with E-state index in [9.17, 15) is 9.18 Å². The normalized spacial score (nSPS) is 18.6. The molecular formula is C14H18BrFN2OS. The number of nitrogens with zero attached hydrogens (tertiary/aromatic N) is 1. The van der Waals surface area contributed by atoms with Crippen LogP contribution in [-0.2, 0) is 10.5 Å². The predicted molar refractivity (Wildman–Crippen MR) is 84.3 cm³/mol. The van der Waals surface area contributed by atoms with Gasteiger partial charge >= 0.3 is 0 Å². The van der Waals surface area contributed by atoms with Crippen LogP contribution in [-0.4, -0.2) is 42.7 Å². The molecule has 1 fully saturated rings. The van der Waals surface area contributed by atoms with Crippen molar-refractivity contribution in [3.8, 4) is 0 Å². The minimum absolute atomic E-state index is 0.144. The third-order valence-corrected chi connectivity index (χ3v) is 4.91. The zero-order valence-electron chi connectivity index (χ0n) is 11.4. The van der Waals surface area contributed by atoms with Gasteiger partial charge in [0.25, 0.3) is 0 Å². The van der Waals surface area contributed by atoms with Crippen LogP contribution in [0.4, 0.5) is 4.39 Å². The van der Waals surface area contributed by atoms with Gasteiger partial charge in [0.1, 0.15) is 5.82 Å². The Balaban J connectivity index is 1.77. The van der Waals surface area contributed by atoms with E-state index in [-0.39, 0.29) is 11.7 Å². The molecule has 1 amide bonds. The lowest BCUT2D eigenvalue weighted by atomic mass is 10.2. The number of carbonyl (C=O) groups excluding carboxylic acids is 1. The number of likely N-dealkylation sites (N-methyl/N-ethyl adjacent to an activating group) is 1. The van der Waals surface area contributed by atoms with Crippen LogP contribution < -0.4 is 5.32 Å². The van der Waals surface area contributed by atoms with Crippen molar-refractivity contribution in [3.63, 3.8) is 0 Å². The summed E-state index contributed by atoms with van der Waals surface area (Å²) in [5.74, 6) is 0.848. The fourth-order valence-electron chi connectivity index (χ4n) is 2.20. The molecule has 0 aromatic heterocycles. The second kappa shape index (κ2) is 7.43. The van der Waals surface area contributed by atoms with Crippen LogP contribution in [0.2, 0.25) is 0 Å². The lowest BCUT2D eigenvalue weighted by Crippen LogP contribution is -2.34. The molecule has 1 unspecified atom stereocenters. The molecule has 1 heterocycles. The van der Waals surface area contributed by atoms with Crippen LogP contribution >= 0.6 is 27.7 Å². The molecule has 1 aliphatic rings. The van der Waals surface area contributed by atoms with Gasteiger partial charge in [0, 0.05) is 29.4 Å². The first-order valence-electron chi connectivity index (χ1n) is 6.57. The average molecular weight is 361 g/mol. The molecule has 1 atom stereocenters. The first kappa shape index (κ1) is 15.8. The van der Waals surface area contributed by atoms with Gasteiger partial charge in [0.15, 0.2) is 0 Å². The Kier molecular flexibility index (Phi) is 5.86. The van der Waals surface area contributed by atoms with Gasteiger partial charge in [-0.25, -0.2) is 4.39 Å². The molecule has 0 bridgehead atoms. The fraction of sp³-hybridized carbons (Fsp3) is 0.500. The standard InChI is InChI=1S/C14H18BrFN2OS/c1-17-12-4-5-18(7-12)14(19)9-20-8-10-2-3-11(15)6-13(10)16/h2-3,6,12,17H,4-5,7-9H2,1H3. The van der Waals surface area contributed by atoms with E-state index in [0.29, 0.717) is 23.1 Å². The number of amides is 1. The number of rotatable bonds is 5. The highest BCUT2D eigenvalue weighted by atomic mass is 79.9. The summed E-state index contributed by atoms with van der Waals surface area (Å²) in [4.78, 5) is 13.9. The number of nitrogens with one attached hydrogen (secondary N) is 1. The number of benzene rings is 1. The molecule has 1 aromatic carbocycles. The molecule has 0 saturated carbocycles. The summed E-state index contributed by atoms with van der Waals surface area (Å²) >= 11 is 4.69. The van der Waals surface area contributed by atoms with Crippen LogP contribution in [0.3, 0.4) is 0 Å². The van der Waals surface area contributed by atoms with Gasteiger partial charge in [-0.05, 0) is 31.2 Å². The van der Waals surface area contributed by atoms with Crippen molar-refractivity contribution in [2.24, 2.45) is 0 Å². The van der Waals surface area contributed by atoms with Crippen LogP contribution in [0, 0.1) is 5.82 Å². The number of hydrogen-bond donors (Lipinski definition) is 1. The summed E-state index contributed by atoms with van der Waals surface area (Å²) < 4.78 is 14.4. The Morgan fingerprint density at radius 2 is 2.40 bits per heavy atom. The topological polar surface area (TPSA) is 32.3 Å². The summed E-state index contributed by atoms with van der Waals surface area (Å²) in [6.45, 7) is 1.60. The highest BCUT2D eigenvalue weighted by Gasteiger charge is 2.24. The molecule has 2 rings (SSSR count). The van der Waals surface area contributed by atoms with E-state index in [0.717, 1.165) is 24.0 Å². The number of thioether (sulfide) groups is 1. The maximum Gasteiger partial charge on any atom is 0.232 e. The molecule has 0 spiro atoms. The smallest absolute Gasteiger partial charge is 0.232 e. The first-order chi connectivity index (χ1) is 9.60. The van der Waals surface area contributed by atoms with Crippen molar-refractivity contribution in [2.75, 3.05) is 25.9 Å². The van der Waals surface area contributed by atoms with Gasteiger partial charge in [-0.1, -0.05) is 22.0 Å². The van der Waals surface area contributed by atoms with E-state index in [2.05, 4.69) is 21.2 Å². The summed E-state index contributed by atoms with van der Waals surface area (Å²) in [7, 11) is 1.92. The van der Waals surface area contributed by atoms with Gasteiger partial charge in [-0.15, -0.1) is 11.8 Å². The van der Waals surface area contributed by atoms with Gasteiger partial charge in [-0.3, -0.25) is 4.79 Å². The highest BCUT2D eigenvalue weighted by molar-refractivity contribution is 9.10. The number of likely N-dealkylation sites (tertiary alicyclic amines) is 1. The molecule has 1 aromatic rings. The highest BCUT2D eigenvalue weighted by Crippen LogP contribution is 2.20. The van der Waals surface area contributed by atoms with E-state index in [1.54, 1.807) is 6.07 Å². The Morgan fingerprint density at radius 3 is 3.05 bits per heavy atom. The van der Waals surface area contributed by atoms with Crippen LogP contribution in [0.1, 0.15) is 12.0 Å². The summed E-state index contributed by atoms with van der Waals surface area (Å²) in [5, 5.41) is 3.19. The second-order valence-electron chi connectivity index (χ2n) is 4.84. The Labute approximate surface area is 131 Å². The predicted octanol–water partition coefficient (Wildman–Crippen LogP) is 2.64. The molecular weight excluding hydrogens is 343 g/mol. The third kappa shape index (κ3) is 4.20. The molecule has 1 saturated heterocycles. The zero-order valence-corrected chi connectivity index (χ0v) is 13.8. The first-order valence-corrected chi connectivity index (χ1v) is 8.51. The van der Waals surface area contributed by atoms with Gasteiger partial charge < -0.3 is 10.2 Å². The number of hydrogen-bond acceptors (Lipinski definition) is 3. The Bertz CT molecular complexity index is 486. The van der Waals surface area contributed by atoms with E-state index >= 15 is 0 Å².